The van der Waals surface area contributed by atoms with Gasteiger partial charge in [0.05, 0.1) is 22.0 Å². The summed E-state index contributed by atoms with van der Waals surface area (Å²) in [5, 5.41) is 14.1. The molecular weight excluding hydrogens is 547 g/mol. The molecular formula is C22H15BrCl2N6OS. The third-order valence-corrected chi connectivity index (χ3v) is 6.49. The molecule has 1 amide bonds. The highest BCUT2D eigenvalue weighted by molar-refractivity contribution is 9.10. The van der Waals surface area contributed by atoms with Gasteiger partial charge in [-0.2, -0.15) is 5.10 Å². The highest BCUT2D eigenvalue weighted by Gasteiger charge is 2.17. The molecule has 0 aliphatic carbocycles. The number of carbonyl (C=O) groups excluding carboxylic acids is 1. The standard InChI is InChI=1S/C22H15BrCl2N6OS/c23-15-4-6-16(7-5-15)31-21(14-8-10-26-11-9-14)29-30-22(31)33-13-20(32)28-27-12-17-18(24)2-1-3-19(17)25/h1-12H,13H2,(H,28,32)/b27-12+. The fourth-order valence-electron chi connectivity index (χ4n) is 2.84. The third kappa shape index (κ3) is 5.80. The number of benzene rings is 2. The molecule has 11 heteroatoms. The Morgan fingerprint density at radius 1 is 1.06 bits per heavy atom. The molecule has 0 saturated heterocycles. The van der Waals surface area contributed by atoms with Crippen LogP contribution in [0.3, 0.4) is 0 Å². The maximum Gasteiger partial charge on any atom is 0.250 e. The summed E-state index contributed by atoms with van der Waals surface area (Å²) in [7, 11) is 0. The van der Waals surface area contributed by atoms with Crippen molar-refractivity contribution < 1.29 is 4.79 Å². The zero-order chi connectivity index (χ0) is 23.2. The van der Waals surface area contributed by atoms with E-state index in [-0.39, 0.29) is 11.7 Å². The first kappa shape index (κ1) is 23.4. The largest absolute Gasteiger partial charge is 0.272 e. The summed E-state index contributed by atoms with van der Waals surface area (Å²) < 4.78 is 2.85. The number of thioether (sulfide) groups is 1. The summed E-state index contributed by atoms with van der Waals surface area (Å²) >= 11 is 16.9. The number of rotatable bonds is 7. The number of nitrogens with zero attached hydrogens (tertiary/aromatic N) is 5. The Balaban J connectivity index is 1.51. The molecule has 0 aliphatic heterocycles. The second-order valence-corrected chi connectivity index (χ2v) is 9.24. The van der Waals surface area contributed by atoms with Crippen LogP contribution >= 0.6 is 50.9 Å². The first-order chi connectivity index (χ1) is 16.0. The minimum atomic E-state index is -0.310. The Labute approximate surface area is 212 Å². The van der Waals surface area contributed by atoms with Gasteiger partial charge >= 0.3 is 0 Å². The summed E-state index contributed by atoms with van der Waals surface area (Å²) in [4.78, 5) is 16.4. The number of halogens is 3. The molecule has 2 heterocycles. The molecule has 7 nitrogen and oxygen atoms in total. The fourth-order valence-corrected chi connectivity index (χ4v) is 4.34. The maximum absolute atomic E-state index is 12.4. The second-order valence-electron chi connectivity index (χ2n) is 6.57. The molecule has 4 rings (SSSR count). The van der Waals surface area contributed by atoms with Crippen LogP contribution in [0.25, 0.3) is 17.1 Å². The van der Waals surface area contributed by atoms with Crippen LogP contribution in [0, 0.1) is 0 Å². The molecule has 0 radical (unpaired) electrons. The van der Waals surface area contributed by atoms with Crippen LogP contribution in [-0.2, 0) is 4.79 Å². The average molecular weight is 562 g/mol. The van der Waals surface area contributed by atoms with Gasteiger partial charge < -0.3 is 0 Å². The molecule has 0 atom stereocenters. The molecule has 33 heavy (non-hydrogen) atoms. The Morgan fingerprint density at radius 3 is 2.45 bits per heavy atom. The van der Waals surface area contributed by atoms with Crippen molar-refractivity contribution in [3.63, 3.8) is 0 Å². The number of amides is 1. The van der Waals surface area contributed by atoms with Crippen molar-refractivity contribution in [1.82, 2.24) is 25.2 Å². The maximum atomic E-state index is 12.4. The molecule has 0 aliphatic rings. The van der Waals surface area contributed by atoms with E-state index in [1.165, 1.54) is 18.0 Å². The predicted octanol–water partition coefficient (Wildman–Crippen LogP) is 5.64. The van der Waals surface area contributed by atoms with E-state index in [9.17, 15) is 4.79 Å². The van der Waals surface area contributed by atoms with E-state index in [0.29, 0.717) is 26.6 Å². The van der Waals surface area contributed by atoms with Crippen LogP contribution in [0.2, 0.25) is 10.0 Å². The summed E-state index contributed by atoms with van der Waals surface area (Å²) in [5.41, 5.74) is 4.74. The van der Waals surface area contributed by atoms with Gasteiger partial charge in [-0.15, -0.1) is 10.2 Å². The van der Waals surface area contributed by atoms with E-state index in [1.807, 2.05) is 41.0 Å². The number of carbonyl (C=O) groups is 1. The first-order valence-electron chi connectivity index (χ1n) is 9.53. The van der Waals surface area contributed by atoms with Gasteiger partial charge in [0.1, 0.15) is 0 Å². The van der Waals surface area contributed by atoms with E-state index < -0.39 is 0 Å². The summed E-state index contributed by atoms with van der Waals surface area (Å²) in [5.74, 6) is 0.419. The van der Waals surface area contributed by atoms with Gasteiger partial charge in [0.2, 0.25) is 0 Å². The van der Waals surface area contributed by atoms with Gasteiger partial charge in [0, 0.05) is 33.7 Å². The highest BCUT2D eigenvalue weighted by atomic mass is 79.9. The summed E-state index contributed by atoms with van der Waals surface area (Å²) in [6.07, 6.45) is 4.80. The van der Waals surface area contributed by atoms with Crippen LogP contribution in [-0.4, -0.2) is 37.6 Å². The quantitative estimate of drug-likeness (QED) is 0.179. The number of nitrogens with one attached hydrogen (secondary N) is 1. The molecule has 0 fully saturated rings. The number of hydrazone groups is 1. The Kier molecular flexibility index (Phi) is 7.77. The Morgan fingerprint density at radius 2 is 1.76 bits per heavy atom. The lowest BCUT2D eigenvalue weighted by Crippen LogP contribution is -2.20. The van der Waals surface area contributed by atoms with Gasteiger partial charge in [-0.05, 0) is 48.5 Å². The molecule has 4 aromatic rings. The summed E-state index contributed by atoms with van der Waals surface area (Å²) in [6.45, 7) is 0. The molecule has 0 spiro atoms. The van der Waals surface area contributed by atoms with E-state index in [1.54, 1.807) is 30.6 Å². The lowest BCUT2D eigenvalue weighted by molar-refractivity contribution is -0.118. The molecule has 0 saturated carbocycles. The Hall–Kier alpha value is -2.72. The minimum absolute atomic E-state index is 0.0819. The highest BCUT2D eigenvalue weighted by Crippen LogP contribution is 2.28. The van der Waals surface area contributed by atoms with Gasteiger partial charge in [0.15, 0.2) is 11.0 Å². The van der Waals surface area contributed by atoms with Gasteiger partial charge in [-0.25, -0.2) is 5.43 Å². The Bertz CT molecular complexity index is 1280. The normalized spacial score (nSPS) is 11.1. The van der Waals surface area contributed by atoms with Gasteiger partial charge in [-0.1, -0.05) is 57.0 Å². The topological polar surface area (TPSA) is 85.1 Å². The number of aromatic nitrogens is 4. The first-order valence-corrected chi connectivity index (χ1v) is 12.1. The average Bonchev–Trinajstić information content (AvgIpc) is 3.25. The van der Waals surface area contributed by atoms with Crippen molar-refractivity contribution in [2.45, 2.75) is 5.16 Å². The monoisotopic (exact) mass is 560 g/mol. The van der Waals surface area contributed by atoms with E-state index in [2.05, 4.69) is 41.6 Å². The van der Waals surface area contributed by atoms with Crippen molar-refractivity contribution in [3.8, 4) is 17.1 Å². The summed E-state index contributed by atoms with van der Waals surface area (Å²) in [6, 6.07) is 16.6. The zero-order valence-corrected chi connectivity index (χ0v) is 20.7. The van der Waals surface area contributed by atoms with Gasteiger partial charge in [0.25, 0.3) is 5.91 Å². The number of pyridine rings is 1. The molecule has 2 aromatic carbocycles. The van der Waals surface area contributed by atoms with Crippen molar-refractivity contribution >= 4 is 63.0 Å². The number of hydrogen-bond acceptors (Lipinski definition) is 6. The molecule has 0 unspecified atom stereocenters. The second kappa shape index (κ2) is 10.9. The minimum Gasteiger partial charge on any atom is -0.272 e. The lowest BCUT2D eigenvalue weighted by Gasteiger charge is -2.10. The van der Waals surface area contributed by atoms with E-state index in [4.69, 9.17) is 23.2 Å². The predicted molar refractivity (Wildman–Crippen MR) is 135 cm³/mol. The van der Waals surface area contributed by atoms with E-state index >= 15 is 0 Å². The third-order valence-electron chi connectivity index (χ3n) is 4.37. The lowest BCUT2D eigenvalue weighted by atomic mass is 10.2. The van der Waals surface area contributed by atoms with Crippen molar-refractivity contribution in [2.24, 2.45) is 5.10 Å². The van der Waals surface area contributed by atoms with Crippen molar-refractivity contribution in [2.75, 3.05) is 5.75 Å². The molecule has 166 valence electrons. The molecule has 0 bridgehead atoms. The molecule has 1 N–H and O–H groups in total. The van der Waals surface area contributed by atoms with Crippen LogP contribution in [0.1, 0.15) is 5.56 Å². The van der Waals surface area contributed by atoms with Crippen LogP contribution in [0.4, 0.5) is 0 Å². The van der Waals surface area contributed by atoms with E-state index in [0.717, 1.165) is 15.7 Å². The van der Waals surface area contributed by atoms with Crippen LogP contribution in [0.15, 0.2) is 81.7 Å². The zero-order valence-electron chi connectivity index (χ0n) is 16.8. The van der Waals surface area contributed by atoms with Crippen molar-refractivity contribution in [1.29, 1.82) is 0 Å². The van der Waals surface area contributed by atoms with Gasteiger partial charge in [-0.3, -0.25) is 14.3 Å². The van der Waals surface area contributed by atoms with Crippen LogP contribution < -0.4 is 5.43 Å². The smallest absolute Gasteiger partial charge is 0.250 e. The number of hydrogen-bond donors (Lipinski definition) is 1. The van der Waals surface area contributed by atoms with Crippen molar-refractivity contribution in [3.05, 3.63) is 87.1 Å². The SMILES string of the molecule is O=C(CSc1nnc(-c2ccncc2)n1-c1ccc(Br)cc1)N/N=C/c1c(Cl)cccc1Cl. The molecule has 2 aromatic heterocycles. The van der Waals surface area contributed by atoms with Crippen LogP contribution in [0.5, 0.6) is 0 Å². The fraction of sp³-hybridized carbons (Fsp3) is 0.0455.